The second-order valence-corrected chi connectivity index (χ2v) is 3.54. The Bertz CT molecular complexity index is 381. The number of pyridine rings is 1. The van der Waals surface area contributed by atoms with E-state index < -0.39 is 0 Å². The van der Waals surface area contributed by atoms with E-state index >= 15 is 0 Å². The summed E-state index contributed by atoms with van der Waals surface area (Å²) in [5, 5.41) is 0. The third-order valence-corrected chi connectivity index (χ3v) is 2.54. The van der Waals surface area contributed by atoms with Gasteiger partial charge in [-0.2, -0.15) is 0 Å². The lowest BCUT2D eigenvalue weighted by molar-refractivity contribution is 0.345. The zero-order valence-corrected chi connectivity index (χ0v) is 7.79. The van der Waals surface area contributed by atoms with Crippen molar-refractivity contribution >= 4 is 0 Å². The second-order valence-electron chi connectivity index (χ2n) is 3.54. The summed E-state index contributed by atoms with van der Waals surface area (Å²) in [7, 11) is 5.66. The third kappa shape index (κ3) is 1.40. The van der Waals surface area contributed by atoms with E-state index in [1.54, 1.807) is 11.6 Å². The van der Waals surface area contributed by atoms with Gasteiger partial charge in [-0.3, -0.25) is 11.8 Å². The van der Waals surface area contributed by atoms with Crippen LogP contribution in [0.2, 0.25) is 0 Å². The number of hydrogen-bond donors (Lipinski definition) is 0. The van der Waals surface area contributed by atoms with Crippen LogP contribution in [-0.2, 0) is 20.0 Å². The van der Waals surface area contributed by atoms with Crippen LogP contribution in [0.4, 0.5) is 0 Å². The summed E-state index contributed by atoms with van der Waals surface area (Å²) in [6.07, 6.45) is 2.65. The summed E-state index contributed by atoms with van der Waals surface area (Å²) in [6.45, 7) is 1.68. The van der Waals surface area contributed by atoms with E-state index in [1.807, 2.05) is 17.2 Å². The van der Waals surface area contributed by atoms with E-state index in [0.717, 1.165) is 30.6 Å². The lowest BCUT2D eigenvalue weighted by atomic mass is 10.0. The summed E-state index contributed by atoms with van der Waals surface area (Å²) in [5.41, 5.74) is 2.24. The van der Waals surface area contributed by atoms with Crippen molar-refractivity contribution in [2.75, 3.05) is 6.54 Å². The van der Waals surface area contributed by atoms with Crippen LogP contribution in [0.25, 0.3) is 0 Å². The molecule has 1 aliphatic heterocycles. The Kier molecular flexibility index (Phi) is 1.96. The molecule has 0 bridgehead atoms. The van der Waals surface area contributed by atoms with E-state index in [-0.39, 0.29) is 5.56 Å². The van der Waals surface area contributed by atoms with Gasteiger partial charge >= 0.3 is 0 Å². The lowest BCUT2D eigenvalue weighted by Crippen LogP contribution is -2.32. The summed E-state index contributed by atoms with van der Waals surface area (Å²) in [6, 6.07) is 2.01. The number of fused-ring (bicyclic) bond motifs is 1. The number of hydrogen-bond acceptors (Lipinski definition) is 2. The highest BCUT2D eigenvalue weighted by Crippen LogP contribution is 2.13. The van der Waals surface area contributed by atoms with Crippen LogP contribution in [0.1, 0.15) is 11.1 Å². The first-order valence-corrected chi connectivity index (χ1v) is 4.41. The predicted octanol–water partition coefficient (Wildman–Crippen LogP) is 0.535. The molecule has 0 spiro atoms. The monoisotopic (exact) mass is 177 g/mol. The van der Waals surface area contributed by atoms with Gasteiger partial charge in [-0.25, -0.2) is 0 Å². The van der Waals surface area contributed by atoms with Crippen molar-refractivity contribution < 1.29 is 0 Å². The van der Waals surface area contributed by atoms with Gasteiger partial charge in [0.1, 0.15) is 0 Å². The van der Waals surface area contributed by atoms with Gasteiger partial charge < -0.3 is 9.47 Å². The molecule has 1 aromatic rings. The van der Waals surface area contributed by atoms with Gasteiger partial charge in [0.05, 0.1) is 0 Å². The molecule has 0 saturated heterocycles. The molecule has 0 aliphatic carbocycles. The molecule has 2 rings (SSSR count). The van der Waals surface area contributed by atoms with E-state index in [4.69, 9.17) is 0 Å². The summed E-state index contributed by atoms with van der Waals surface area (Å²) in [5.74, 6) is 0. The Morgan fingerprint density at radius 3 is 3.08 bits per heavy atom. The highest BCUT2D eigenvalue weighted by atomic mass is 16.1. The fourth-order valence-corrected chi connectivity index (χ4v) is 1.73. The zero-order chi connectivity index (χ0) is 9.42. The first kappa shape index (κ1) is 8.51. The predicted molar refractivity (Wildman–Crippen MR) is 51.2 cm³/mol. The SMILES string of the molecule is [CH2-]N1CCc2c(ccn(C)c2=O)C1. The fraction of sp³-hybridized carbons (Fsp3) is 0.400. The lowest BCUT2D eigenvalue weighted by Gasteiger charge is -2.30. The highest BCUT2D eigenvalue weighted by Gasteiger charge is 2.13. The number of nitrogens with zero attached hydrogens (tertiary/aromatic N) is 2. The van der Waals surface area contributed by atoms with Crippen molar-refractivity contribution in [1.82, 2.24) is 9.47 Å². The van der Waals surface area contributed by atoms with Crippen LogP contribution in [0.15, 0.2) is 17.1 Å². The van der Waals surface area contributed by atoms with E-state index in [1.165, 1.54) is 0 Å². The van der Waals surface area contributed by atoms with Gasteiger partial charge in [0.25, 0.3) is 5.56 Å². The quantitative estimate of drug-likeness (QED) is 0.540. The van der Waals surface area contributed by atoms with Crippen LogP contribution in [0.5, 0.6) is 0 Å². The van der Waals surface area contributed by atoms with Gasteiger partial charge in [-0.05, 0) is 31.1 Å². The molecule has 0 amide bonds. The highest BCUT2D eigenvalue weighted by molar-refractivity contribution is 5.26. The third-order valence-electron chi connectivity index (χ3n) is 2.54. The maximum atomic E-state index is 11.6. The maximum Gasteiger partial charge on any atom is 0.253 e. The molecule has 0 saturated carbocycles. The smallest absolute Gasteiger partial charge is 0.253 e. The van der Waals surface area contributed by atoms with Gasteiger partial charge in [-0.1, -0.05) is 0 Å². The molecule has 0 atom stereocenters. The second kappa shape index (κ2) is 3.00. The van der Waals surface area contributed by atoms with Crippen molar-refractivity contribution in [2.45, 2.75) is 13.0 Å². The van der Waals surface area contributed by atoms with Crippen LogP contribution in [0.3, 0.4) is 0 Å². The minimum absolute atomic E-state index is 0.144. The van der Waals surface area contributed by atoms with Crippen LogP contribution in [-0.4, -0.2) is 16.0 Å². The van der Waals surface area contributed by atoms with Crippen molar-refractivity contribution in [2.24, 2.45) is 7.05 Å². The molecule has 13 heavy (non-hydrogen) atoms. The van der Waals surface area contributed by atoms with Crippen molar-refractivity contribution in [3.63, 3.8) is 0 Å². The van der Waals surface area contributed by atoms with Gasteiger partial charge in [0.15, 0.2) is 0 Å². The van der Waals surface area contributed by atoms with Crippen LogP contribution < -0.4 is 5.56 Å². The molecule has 3 nitrogen and oxygen atoms in total. The summed E-state index contributed by atoms with van der Waals surface area (Å²) >= 11 is 0. The number of aryl methyl sites for hydroxylation is 1. The zero-order valence-electron chi connectivity index (χ0n) is 7.79. The topological polar surface area (TPSA) is 25.2 Å². The molecular weight excluding hydrogens is 164 g/mol. The summed E-state index contributed by atoms with van der Waals surface area (Å²) < 4.78 is 1.64. The van der Waals surface area contributed by atoms with Gasteiger partial charge in [0, 0.05) is 18.8 Å². The standard InChI is InChI=1S/C10H13N2O/c1-11-5-4-9-8(7-11)3-6-12(2)10(9)13/h3,6H,1,4-5,7H2,2H3/q-1. The van der Waals surface area contributed by atoms with Crippen molar-refractivity contribution in [1.29, 1.82) is 0 Å². The number of aromatic nitrogens is 1. The molecule has 70 valence electrons. The maximum absolute atomic E-state index is 11.6. The minimum Gasteiger partial charge on any atom is -0.455 e. The van der Waals surface area contributed by atoms with E-state index in [9.17, 15) is 4.79 Å². The van der Waals surface area contributed by atoms with Crippen LogP contribution in [0, 0.1) is 7.05 Å². The van der Waals surface area contributed by atoms with Gasteiger partial charge in [-0.15, -0.1) is 0 Å². The molecule has 3 heteroatoms. The van der Waals surface area contributed by atoms with Crippen molar-refractivity contribution in [3.05, 3.63) is 40.8 Å². The fourth-order valence-electron chi connectivity index (χ4n) is 1.73. The van der Waals surface area contributed by atoms with E-state index in [2.05, 4.69) is 7.05 Å². The average molecular weight is 177 g/mol. The Balaban J connectivity index is 2.53. The number of rotatable bonds is 0. The minimum atomic E-state index is 0.144. The largest absolute Gasteiger partial charge is 0.455 e. The van der Waals surface area contributed by atoms with Gasteiger partial charge in [0.2, 0.25) is 0 Å². The molecule has 1 aliphatic rings. The molecular formula is C10H13N2O-. The molecule has 0 fully saturated rings. The molecule has 1 aromatic heterocycles. The first-order chi connectivity index (χ1) is 6.18. The van der Waals surface area contributed by atoms with Crippen LogP contribution >= 0.6 is 0 Å². The average Bonchev–Trinajstić information content (AvgIpc) is 2.12. The Morgan fingerprint density at radius 1 is 1.54 bits per heavy atom. The van der Waals surface area contributed by atoms with E-state index in [0.29, 0.717) is 0 Å². The molecule has 0 N–H and O–H groups in total. The Labute approximate surface area is 77.6 Å². The summed E-state index contributed by atoms with van der Waals surface area (Å²) in [4.78, 5) is 13.6. The molecule has 2 heterocycles. The Hall–Kier alpha value is -1.09. The molecule has 0 radical (unpaired) electrons. The van der Waals surface area contributed by atoms with Crippen molar-refractivity contribution in [3.8, 4) is 0 Å². The molecule has 0 unspecified atom stereocenters. The first-order valence-electron chi connectivity index (χ1n) is 4.41. The normalized spacial score (nSPS) is 17.1. The Morgan fingerprint density at radius 2 is 2.31 bits per heavy atom. The molecule has 0 aromatic carbocycles.